The molecule has 0 bridgehead atoms. The summed E-state index contributed by atoms with van der Waals surface area (Å²) in [7, 11) is 0. The summed E-state index contributed by atoms with van der Waals surface area (Å²) in [6.07, 6.45) is 7.61. The molecule has 1 aromatic heterocycles. The third kappa shape index (κ3) is 2.84. The molecule has 0 aliphatic carbocycles. The molecular weight excluding hydrogens is 316 g/mol. The van der Waals surface area contributed by atoms with Gasteiger partial charge in [0.05, 0.1) is 31.0 Å². The number of amides is 2. The molecule has 25 heavy (non-hydrogen) atoms. The van der Waals surface area contributed by atoms with Crippen LogP contribution in [0.4, 0.5) is 0 Å². The van der Waals surface area contributed by atoms with Gasteiger partial charge in [0.15, 0.2) is 0 Å². The summed E-state index contributed by atoms with van der Waals surface area (Å²) in [5, 5.41) is 0. The fraction of sp³-hybridized carbons (Fsp3) is 0.316. The highest BCUT2D eigenvalue weighted by atomic mass is 16.2. The maximum Gasteiger partial charge on any atom is 0.225 e. The second-order valence-electron chi connectivity index (χ2n) is 6.48. The van der Waals surface area contributed by atoms with Crippen LogP contribution in [0.5, 0.6) is 0 Å². The predicted octanol–water partition coefficient (Wildman–Crippen LogP) is 2.19. The Morgan fingerprint density at radius 2 is 2.08 bits per heavy atom. The smallest absolute Gasteiger partial charge is 0.225 e. The summed E-state index contributed by atoms with van der Waals surface area (Å²) < 4.78 is 2.07. The zero-order valence-corrected chi connectivity index (χ0v) is 14.1. The zero-order chi connectivity index (χ0) is 17.4. The zero-order valence-electron chi connectivity index (χ0n) is 14.1. The highest BCUT2D eigenvalue weighted by molar-refractivity contribution is 5.82. The van der Waals surface area contributed by atoms with Crippen molar-refractivity contribution in [3.63, 3.8) is 0 Å². The van der Waals surface area contributed by atoms with E-state index in [0.717, 1.165) is 23.4 Å². The molecule has 2 aliphatic rings. The molecule has 2 aromatic rings. The van der Waals surface area contributed by atoms with Crippen LogP contribution < -0.4 is 0 Å². The van der Waals surface area contributed by atoms with Crippen molar-refractivity contribution in [3.05, 3.63) is 59.8 Å². The van der Waals surface area contributed by atoms with Gasteiger partial charge in [-0.2, -0.15) is 0 Å². The van der Waals surface area contributed by atoms with Crippen LogP contribution in [-0.4, -0.2) is 37.7 Å². The lowest BCUT2D eigenvalue weighted by molar-refractivity contribution is -0.135. The van der Waals surface area contributed by atoms with Crippen LogP contribution in [0, 0.1) is 0 Å². The maximum absolute atomic E-state index is 12.9. The SMILES string of the molecule is CC(=O)N1C=Cc2ccccc2C1CC(=O)N1CCn2cncc2C1. The molecule has 0 spiro atoms. The van der Waals surface area contributed by atoms with Crippen molar-refractivity contribution >= 4 is 17.9 Å². The Labute approximate surface area is 146 Å². The van der Waals surface area contributed by atoms with Crippen molar-refractivity contribution in [2.75, 3.05) is 6.54 Å². The van der Waals surface area contributed by atoms with Gasteiger partial charge in [-0.05, 0) is 17.2 Å². The van der Waals surface area contributed by atoms with Crippen LogP contribution in [-0.2, 0) is 22.7 Å². The van der Waals surface area contributed by atoms with Crippen LogP contribution >= 0.6 is 0 Å². The first kappa shape index (κ1) is 15.6. The second kappa shape index (κ2) is 6.20. The number of carbonyl (C=O) groups excluding carboxylic acids is 2. The largest absolute Gasteiger partial charge is 0.335 e. The van der Waals surface area contributed by atoms with E-state index in [1.807, 2.05) is 35.2 Å². The lowest BCUT2D eigenvalue weighted by atomic mass is 9.93. The normalized spacial score (nSPS) is 18.7. The first-order valence-electron chi connectivity index (χ1n) is 8.46. The van der Waals surface area contributed by atoms with E-state index in [2.05, 4.69) is 9.55 Å². The lowest BCUT2D eigenvalue weighted by Crippen LogP contribution is -2.41. The van der Waals surface area contributed by atoms with Gasteiger partial charge in [-0.15, -0.1) is 0 Å². The number of benzene rings is 1. The van der Waals surface area contributed by atoms with Crippen LogP contribution in [0.1, 0.15) is 36.2 Å². The van der Waals surface area contributed by atoms with Crippen molar-refractivity contribution in [3.8, 4) is 0 Å². The molecule has 0 N–H and O–H groups in total. The van der Waals surface area contributed by atoms with Gasteiger partial charge in [-0.1, -0.05) is 24.3 Å². The fourth-order valence-electron chi connectivity index (χ4n) is 3.60. The van der Waals surface area contributed by atoms with Crippen LogP contribution in [0.3, 0.4) is 0 Å². The summed E-state index contributed by atoms with van der Waals surface area (Å²) >= 11 is 0. The molecule has 1 aromatic carbocycles. The van der Waals surface area contributed by atoms with E-state index in [4.69, 9.17) is 0 Å². The molecule has 0 saturated heterocycles. The molecule has 0 radical (unpaired) electrons. The molecule has 2 amide bonds. The summed E-state index contributed by atoms with van der Waals surface area (Å²) in [5.74, 6) is 0.00840. The standard InChI is InChI=1S/C19H20N4O2/c1-14(24)23-7-6-15-4-2-3-5-17(15)18(23)10-19(25)21-8-9-22-13-20-11-16(22)12-21/h2-7,11,13,18H,8-10,12H2,1H3. The van der Waals surface area contributed by atoms with Crippen LogP contribution in [0.15, 0.2) is 43.0 Å². The van der Waals surface area contributed by atoms with Gasteiger partial charge in [-0.3, -0.25) is 9.59 Å². The number of carbonyl (C=O) groups is 2. The fourth-order valence-corrected chi connectivity index (χ4v) is 3.60. The number of fused-ring (bicyclic) bond motifs is 2. The summed E-state index contributed by atoms with van der Waals surface area (Å²) in [6.45, 7) is 3.55. The highest BCUT2D eigenvalue weighted by Crippen LogP contribution is 2.33. The number of rotatable bonds is 2. The first-order valence-corrected chi connectivity index (χ1v) is 8.46. The molecule has 3 heterocycles. The Morgan fingerprint density at radius 1 is 1.24 bits per heavy atom. The van der Waals surface area contributed by atoms with E-state index in [1.54, 1.807) is 23.6 Å². The Bertz CT molecular complexity index is 855. The molecule has 1 atom stereocenters. The van der Waals surface area contributed by atoms with Crippen molar-refractivity contribution in [2.24, 2.45) is 0 Å². The van der Waals surface area contributed by atoms with E-state index in [-0.39, 0.29) is 24.3 Å². The average Bonchev–Trinajstić information content (AvgIpc) is 3.09. The average molecular weight is 336 g/mol. The van der Waals surface area contributed by atoms with Crippen molar-refractivity contribution < 1.29 is 9.59 Å². The number of hydrogen-bond donors (Lipinski definition) is 0. The van der Waals surface area contributed by atoms with Gasteiger partial charge in [0.2, 0.25) is 11.8 Å². The van der Waals surface area contributed by atoms with E-state index in [0.29, 0.717) is 13.1 Å². The van der Waals surface area contributed by atoms with E-state index < -0.39 is 0 Å². The second-order valence-corrected chi connectivity index (χ2v) is 6.48. The molecule has 4 rings (SSSR count). The minimum atomic E-state index is -0.252. The van der Waals surface area contributed by atoms with E-state index >= 15 is 0 Å². The van der Waals surface area contributed by atoms with Crippen LogP contribution in [0.25, 0.3) is 6.08 Å². The molecule has 2 aliphatic heterocycles. The number of aromatic nitrogens is 2. The van der Waals surface area contributed by atoms with Gasteiger partial charge in [0.25, 0.3) is 0 Å². The maximum atomic E-state index is 12.9. The Kier molecular flexibility index (Phi) is 3.87. The predicted molar refractivity (Wildman–Crippen MR) is 93.0 cm³/mol. The van der Waals surface area contributed by atoms with Gasteiger partial charge >= 0.3 is 0 Å². The molecule has 6 heteroatoms. The molecule has 128 valence electrons. The number of imidazole rings is 1. The quantitative estimate of drug-likeness (QED) is 0.845. The van der Waals surface area contributed by atoms with Crippen molar-refractivity contribution in [1.82, 2.24) is 19.4 Å². The molecule has 0 saturated carbocycles. The molecular formula is C19H20N4O2. The van der Waals surface area contributed by atoms with Crippen molar-refractivity contribution in [2.45, 2.75) is 32.5 Å². The van der Waals surface area contributed by atoms with Gasteiger partial charge in [0.1, 0.15) is 0 Å². The number of nitrogens with zero attached hydrogens (tertiary/aromatic N) is 4. The Balaban J connectivity index is 1.56. The topological polar surface area (TPSA) is 58.4 Å². The van der Waals surface area contributed by atoms with Gasteiger partial charge in [-0.25, -0.2) is 4.98 Å². The van der Waals surface area contributed by atoms with E-state index in [1.165, 1.54) is 6.92 Å². The van der Waals surface area contributed by atoms with E-state index in [9.17, 15) is 9.59 Å². The van der Waals surface area contributed by atoms with Gasteiger partial charge in [0, 0.05) is 32.4 Å². The third-order valence-corrected chi connectivity index (χ3v) is 4.95. The summed E-state index contributed by atoms with van der Waals surface area (Å²) in [6, 6.07) is 7.68. The molecule has 1 unspecified atom stereocenters. The highest BCUT2D eigenvalue weighted by Gasteiger charge is 2.30. The minimum absolute atomic E-state index is 0.0553. The molecule has 6 nitrogen and oxygen atoms in total. The third-order valence-electron chi connectivity index (χ3n) is 4.95. The van der Waals surface area contributed by atoms with Crippen molar-refractivity contribution in [1.29, 1.82) is 0 Å². The minimum Gasteiger partial charge on any atom is -0.335 e. The molecule has 0 fully saturated rings. The summed E-state index contributed by atoms with van der Waals surface area (Å²) in [5.41, 5.74) is 3.14. The van der Waals surface area contributed by atoms with Gasteiger partial charge < -0.3 is 14.4 Å². The monoisotopic (exact) mass is 336 g/mol. The number of hydrogen-bond acceptors (Lipinski definition) is 3. The first-order chi connectivity index (χ1) is 12.1. The Hall–Kier alpha value is -2.89. The van der Waals surface area contributed by atoms with Crippen LogP contribution in [0.2, 0.25) is 0 Å². The Morgan fingerprint density at radius 3 is 2.92 bits per heavy atom. The summed E-state index contributed by atoms with van der Waals surface area (Å²) in [4.78, 5) is 32.6. The lowest BCUT2D eigenvalue weighted by Gasteiger charge is -2.35.